The van der Waals surface area contributed by atoms with Gasteiger partial charge >= 0.3 is 0 Å². The number of nitrogens with zero attached hydrogens (tertiary/aromatic N) is 2. The van der Waals surface area contributed by atoms with E-state index in [1.54, 1.807) is 13.2 Å². The minimum absolute atomic E-state index is 0.189. The van der Waals surface area contributed by atoms with Gasteiger partial charge in [0.15, 0.2) is 0 Å². The number of para-hydroxylation sites is 1. The summed E-state index contributed by atoms with van der Waals surface area (Å²) in [4.78, 5) is 25.0. The van der Waals surface area contributed by atoms with Gasteiger partial charge in [0.2, 0.25) is 5.91 Å². The molecule has 4 rings (SSSR count). The predicted molar refractivity (Wildman–Crippen MR) is 121 cm³/mol. The van der Waals surface area contributed by atoms with Gasteiger partial charge in [0.25, 0.3) is 5.56 Å². The largest absolute Gasteiger partial charge is 0.497 e. The average molecular weight is 411 g/mol. The fourth-order valence-electron chi connectivity index (χ4n) is 3.27. The Labute approximate surface area is 179 Å². The SMILES string of the molecule is COc1ccc(-c2ccc(=O)n(CC(=O)Nc3ccccc3-c3ccccc3)n2)cc1. The van der Waals surface area contributed by atoms with E-state index < -0.39 is 0 Å². The molecule has 1 N–H and O–H groups in total. The molecule has 4 aromatic rings. The van der Waals surface area contributed by atoms with Crippen molar-refractivity contribution in [1.82, 2.24) is 9.78 Å². The number of aromatic nitrogens is 2. The first-order chi connectivity index (χ1) is 15.1. The number of carbonyl (C=O) groups excluding carboxylic acids is 1. The molecule has 31 heavy (non-hydrogen) atoms. The summed E-state index contributed by atoms with van der Waals surface area (Å²) in [5.74, 6) is 0.401. The summed E-state index contributed by atoms with van der Waals surface area (Å²) in [5.41, 5.74) is 3.66. The smallest absolute Gasteiger partial charge is 0.267 e. The molecular formula is C25H21N3O3. The number of benzene rings is 3. The fraction of sp³-hybridized carbons (Fsp3) is 0.0800. The molecule has 0 spiro atoms. The molecule has 0 atom stereocenters. The maximum Gasteiger partial charge on any atom is 0.267 e. The van der Waals surface area contributed by atoms with E-state index in [0.717, 1.165) is 22.4 Å². The van der Waals surface area contributed by atoms with E-state index in [2.05, 4.69) is 10.4 Å². The number of methoxy groups -OCH3 is 1. The van der Waals surface area contributed by atoms with Crippen molar-refractivity contribution in [3.05, 3.63) is 101 Å². The third kappa shape index (κ3) is 4.70. The lowest BCUT2D eigenvalue weighted by molar-refractivity contribution is -0.117. The third-order valence-corrected chi connectivity index (χ3v) is 4.83. The van der Waals surface area contributed by atoms with E-state index >= 15 is 0 Å². The van der Waals surface area contributed by atoms with Gasteiger partial charge in [-0.05, 0) is 42.0 Å². The molecule has 1 heterocycles. The van der Waals surface area contributed by atoms with Crippen molar-refractivity contribution in [2.75, 3.05) is 12.4 Å². The van der Waals surface area contributed by atoms with Crippen molar-refractivity contribution in [3.63, 3.8) is 0 Å². The van der Waals surface area contributed by atoms with Crippen LogP contribution in [-0.2, 0) is 11.3 Å². The van der Waals surface area contributed by atoms with Crippen molar-refractivity contribution >= 4 is 11.6 Å². The van der Waals surface area contributed by atoms with Crippen molar-refractivity contribution in [1.29, 1.82) is 0 Å². The van der Waals surface area contributed by atoms with Crippen LogP contribution in [0, 0.1) is 0 Å². The van der Waals surface area contributed by atoms with Crippen LogP contribution in [0.3, 0.4) is 0 Å². The van der Waals surface area contributed by atoms with Gasteiger partial charge in [0, 0.05) is 22.9 Å². The van der Waals surface area contributed by atoms with Crippen molar-refractivity contribution < 1.29 is 9.53 Å². The molecule has 0 aliphatic heterocycles. The Bertz CT molecular complexity index is 1250. The monoisotopic (exact) mass is 411 g/mol. The first-order valence-corrected chi connectivity index (χ1v) is 9.81. The van der Waals surface area contributed by atoms with Gasteiger partial charge in [-0.3, -0.25) is 9.59 Å². The molecule has 0 saturated carbocycles. The molecule has 0 saturated heterocycles. The normalized spacial score (nSPS) is 10.5. The van der Waals surface area contributed by atoms with Crippen LogP contribution >= 0.6 is 0 Å². The highest BCUT2D eigenvalue weighted by atomic mass is 16.5. The van der Waals surface area contributed by atoms with E-state index in [9.17, 15) is 9.59 Å². The third-order valence-electron chi connectivity index (χ3n) is 4.83. The fourth-order valence-corrected chi connectivity index (χ4v) is 3.27. The van der Waals surface area contributed by atoms with Crippen molar-refractivity contribution in [2.24, 2.45) is 0 Å². The molecule has 0 aliphatic rings. The molecule has 0 fully saturated rings. The van der Waals surface area contributed by atoms with E-state index in [0.29, 0.717) is 11.4 Å². The number of carbonyl (C=O) groups is 1. The highest BCUT2D eigenvalue weighted by molar-refractivity contribution is 5.95. The number of hydrogen-bond acceptors (Lipinski definition) is 4. The Morgan fingerprint density at radius 1 is 0.871 bits per heavy atom. The zero-order chi connectivity index (χ0) is 21.6. The molecule has 0 aliphatic carbocycles. The highest BCUT2D eigenvalue weighted by Crippen LogP contribution is 2.27. The molecule has 0 radical (unpaired) electrons. The van der Waals surface area contributed by atoms with Gasteiger partial charge in [-0.15, -0.1) is 0 Å². The quantitative estimate of drug-likeness (QED) is 0.515. The molecule has 154 valence electrons. The minimum Gasteiger partial charge on any atom is -0.497 e. The molecule has 3 aromatic carbocycles. The Morgan fingerprint density at radius 2 is 1.58 bits per heavy atom. The molecule has 1 amide bonds. The highest BCUT2D eigenvalue weighted by Gasteiger charge is 2.11. The van der Waals surface area contributed by atoms with Gasteiger partial charge in [0.05, 0.1) is 12.8 Å². The van der Waals surface area contributed by atoms with Gasteiger partial charge in [0.1, 0.15) is 12.3 Å². The molecular weight excluding hydrogens is 390 g/mol. The van der Waals surface area contributed by atoms with Crippen LogP contribution in [0.2, 0.25) is 0 Å². The number of rotatable bonds is 6. The van der Waals surface area contributed by atoms with Crippen LogP contribution in [0.15, 0.2) is 95.8 Å². The zero-order valence-corrected chi connectivity index (χ0v) is 17.0. The lowest BCUT2D eigenvalue weighted by atomic mass is 10.0. The minimum atomic E-state index is -0.344. The van der Waals surface area contributed by atoms with Gasteiger partial charge < -0.3 is 10.1 Å². The van der Waals surface area contributed by atoms with Crippen LogP contribution in [0.4, 0.5) is 5.69 Å². The molecule has 1 aromatic heterocycles. The average Bonchev–Trinajstić information content (AvgIpc) is 2.81. The van der Waals surface area contributed by atoms with E-state index in [-0.39, 0.29) is 18.0 Å². The number of anilines is 1. The number of hydrogen-bond donors (Lipinski definition) is 1. The molecule has 0 unspecified atom stereocenters. The van der Waals surface area contributed by atoms with Gasteiger partial charge in [-0.2, -0.15) is 5.10 Å². The van der Waals surface area contributed by atoms with Crippen LogP contribution in [0.5, 0.6) is 5.75 Å². The van der Waals surface area contributed by atoms with E-state index in [1.165, 1.54) is 10.7 Å². The number of ether oxygens (including phenoxy) is 1. The first-order valence-electron chi connectivity index (χ1n) is 9.81. The zero-order valence-electron chi connectivity index (χ0n) is 17.0. The van der Waals surface area contributed by atoms with Crippen LogP contribution in [-0.4, -0.2) is 22.8 Å². The van der Waals surface area contributed by atoms with Crippen LogP contribution in [0.1, 0.15) is 0 Å². The summed E-state index contributed by atoms with van der Waals surface area (Å²) < 4.78 is 6.34. The summed E-state index contributed by atoms with van der Waals surface area (Å²) in [5, 5.41) is 7.27. The summed E-state index contributed by atoms with van der Waals surface area (Å²) in [6.45, 7) is -0.189. The number of amides is 1. The molecule has 6 heteroatoms. The lowest BCUT2D eigenvalue weighted by Gasteiger charge is -2.12. The first kappa shape index (κ1) is 20.1. The summed E-state index contributed by atoms with van der Waals surface area (Å²) in [6, 6.07) is 27.8. The van der Waals surface area contributed by atoms with E-state index in [1.807, 2.05) is 78.9 Å². The van der Waals surface area contributed by atoms with Crippen molar-refractivity contribution in [3.8, 4) is 28.1 Å². The second-order valence-electron chi connectivity index (χ2n) is 6.90. The van der Waals surface area contributed by atoms with Gasteiger partial charge in [-0.25, -0.2) is 4.68 Å². The Kier molecular flexibility index (Phi) is 5.89. The van der Waals surface area contributed by atoms with Crippen LogP contribution < -0.4 is 15.6 Å². The molecule has 6 nitrogen and oxygen atoms in total. The summed E-state index contributed by atoms with van der Waals surface area (Å²) in [6.07, 6.45) is 0. The summed E-state index contributed by atoms with van der Waals surface area (Å²) in [7, 11) is 1.60. The second-order valence-corrected chi connectivity index (χ2v) is 6.90. The van der Waals surface area contributed by atoms with Crippen molar-refractivity contribution in [2.45, 2.75) is 6.54 Å². The topological polar surface area (TPSA) is 73.2 Å². The standard InChI is InChI=1S/C25H21N3O3/c1-31-20-13-11-19(12-14-20)22-15-16-25(30)28(27-22)17-24(29)26-23-10-6-5-9-21(23)18-7-3-2-4-8-18/h2-16H,17H2,1H3,(H,26,29). The van der Waals surface area contributed by atoms with E-state index in [4.69, 9.17) is 4.74 Å². The molecule has 0 bridgehead atoms. The second kappa shape index (κ2) is 9.09. The predicted octanol–water partition coefficient (Wildman–Crippen LogP) is 4.22. The Balaban J connectivity index is 1.55. The van der Waals surface area contributed by atoms with Crippen LogP contribution in [0.25, 0.3) is 22.4 Å². The number of nitrogens with one attached hydrogen (secondary N) is 1. The lowest BCUT2D eigenvalue weighted by Crippen LogP contribution is -2.29. The Hall–Kier alpha value is -4.19. The summed E-state index contributed by atoms with van der Waals surface area (Å²) >= 11 is 0. The maximum atomic E-state index is 12.7. The maximum absolute atomic E-state index is 12.7. The Morgan fingerprint density at radius 3 is 2.32 bits per heavy atom. The van der Waals surface area contributed by atoms with Gasteiger partial charge in [-0.1, -0.05) is 48.5 Å².